The number of hydrogen-bond donors (Lipinski definition) is 0. The molecule has 19 heavy (non-hydrogen) atoms. The minimum Gasteiger partial charge on any atom is -0.268 e. The van der Waals surface area contributed by atoms with E-state index < -0.39 is 4.92 Å². The molecule has 0 N–H and O–H groups in total. The van der Waals surface area contributed by atoms with Gasteiger partial charge in [0, 0.05) is 22.6 Å². The average molecular weight is 276 g/mol. The van der Waals surface area contributed by atoms with Gasteiger partial charge in [-0.1, -0.05) is 11.5 Å². The predicted molar refractivity (Wildman–Crippen MR) is 73.2 cm³/mol. The molecule has 0 atom stereocenters. The van der Waals surface area contributed by atoms with E-state index in [0.717, 1.165) is 36.1 Å². The maximum Gasteiger partial charge on any atom is 0.269 e. The fraction of sp³-hybridized carbons (Fsp3) is 0.308. The summed E-state index contributed by atoms with van der Waals surface area (Å²) in [6.07, 6.45) is 4.02. The number of benzene rings is 1. The maximum atomic E-state index is 12.3. The van der Waals surface area contributed by atoms with Gasteiger partial charge in [0.1, 0.15) is 0 Å². The van der Waals surface area contributed by atoms with E-state index in [1.807, 2.05) is 0 Å². The molecule has 0 aliphatic heterocycles. The number of rotatable bonds is 2. The Morgan fingerprint density at radius 1 is 1.16 bits per heavy atom. The predicted octanol–water partition coefficient (Wildman–Crippen LogP) is 2.69. The number of hydrogen-bond acceptors (Lipinski definition) is 4. The Morgan fingerprint density at radius 3 is 2.47 bits per heavy atom. The summed E-state index contributed by atoms with van der Waals surface area (Å²) in [5.74, 6) is 0. The second-order valence-corrected chi connectivity index (χ2v) is 5.61. The standard InChI is InChI=1S/C13H12N2O3S/c16-13-11-3-1-2-4-12(11)19-14(13)9-5-7-10(8-6-9)15(17)18/h5-8H,1-4H2. The molecule has 0 amide bonds. The van der Waals surface area contributed by atoms with Crippen molar-refractivity contribution in [2.75, 3.05) is 0 Å². The summed E-state index contributed by atoms with van der Waals surface area (Å²) in [7, 11) is 0. The van der Waals surface area contributed by atoms with Gasteiger partial charge in [0.05, 0.1) is 10.6 Å². The number of aryl methyl sites for hydroxylation is 1. The molecule has 1 aromatic heterocycles. The molecule has 0 unspecified atom stereocenters. The zero-order chi connectivity index (χ0) is 13.4. The number of nitrogens with zero attached hydrogens (tertiary/aromatic N) is 2. The van der Waals surface area contributed by atoms with Crippen LogP contribution in [0.2, 0.25) is 0 Å². The van der Waals surface area contributed by atoms with Crippen LogP contribution in [-0.2, 0) is 12.8 Å². The normalized spacial score (nSPS) is 14.1. The van der Waals surface area contributed by atoms with Crippen LogP contribution in [0.4, 0.5) is 5.69 Å². The highest BCUT2D eigenvalue weighted by molar-refractivity contribution is 7.07. The van der Waals surface area contributed by atoms with E-state index in [1.165, 1.54) is 23.7 Å². The van der Waals surface area contributed by atoms with Crippen LogP contribution in [0.25, 0.3) is 5.69 Å². The summed E-state index contributed by atoms with van der Waals surface area (Å²) in [5.41, 5.74) is 1.70. The summed E-state index contributed by atoms with van der Waals surface area (Å²) in [6, 6.07) is 6.12. The van der Waals surface area contributed by atoms with Crippen molar-refractivity contribution >= 4 is 17.2 Å². The lowest BCUT2D eigenvalue weighted by Crippen LogP contribution is -2.16. The molecule has 2 aromatic rings. The molecule has 0 fully saturated rings. The van der Waals surface area contributed by atoms with Gasteiger partial charge in [-0.15, -0.1) is 0 Å². The molecule has 0 bridgehead atoms. The van der Waals surface area contributed by atoms with E-state index >= 15 is 0 Å². The third kappa shape index (κ3) is 2.08. The third-order valence-corrected chi connectivity index (χ3v) is 4.59. The van der Waals surface area contributed by atoms with Crippen molar-refractivity contribution in [3.8, 4) is 5.69 Å². The van der Waals surface area contributed by atoms with Crippen LogP contribution in [0, 0.1) is 10.1 Å². The maximum absolute atomic E-state index is 12.3. The number of nitro groups is 1. The van der Waals surface area contributed by atoms with Gasteiger partial charge in [0.15, 0.2) is 0 Å². The van der Waals surface area contributed by atoms with Crippen molar-refractivity contribution in [2.24, 2.45) is 0 Å². The van der Waals surface area contributed by atoms with Crippen LogP contribution in [0.3, 0.4) is 0 Å². The quantitative estimate of drug-likeness (QED) is 0.625. The summed E-state index contributed by atoms with van der Waals surface area (Å²) in [4.78, 5) is 23.6. The third-order valence-electron chi connectivity index (χ3n) is 3.36. The molecular weight excluding hydrogens is 264 g/mol. The van der Waals surface area contributed by atoms with Crippen molar-refractivity contribution in [2.45, 2.75) is 25.7 Å². The molecule has 5 nitrogen and oxygen atoms in total. The lowest BCUT2D eigenvalue weighted by Gasteiger charge is -2.06. The Kier molecular flexibility index (Phi) is 2.94. The van der Waals surface area contributed by atoms with Gasteiger partial charge in [-0.25, -0.2) is 3.96 Å². The first kappa shape index (κ1) is 12.1. The van der Waals surface area contributed by atoms with Crippen LogP contribution < -0.4 is 5.56 Å². The molecule has 0 saturated carbocycles. The Labute approximate surface area is 113 Å². The fourth-order valence-electron chi connectivity index (χ4n) is 2.36. The van der Waals surface area contributed by atoms with Gasteiger partial charge < -0.3 is 0 Å². The fourth-order valence-corrected chi connectivity index (χ4v) is 3.53. The van der Waals surface area contributed by atoms with E-state index in [1.54, 1.807) is 16.1 Å². The Bertz CT molecular complexity index is 685. The van der Waals surface area contributed by atoms with Crippen molar-refractivity contribution in [3.63, 3.8) is 0 Å². The molecule has 1 aliphatic rings. The van der Waals surface area contributed by atoms with Gasteiger partial charge >= 0.3 is 0 Å². The Morgan fingerprint density at radius 2 is 1.84 bits per heavy atom. The van der Waals surface area contributed by atoms with Gasteiger partial charge in [0.2, 0.25) is 0 Å². The summed E-state index contributed by atoms with van der Waals surface area (Å²) in [6.45, 7) is 0. The van der Waals surface area contributed by atoms with Gasteiger partial charge in [0.25, 0.3) is 11.2 Å². The van der Waals surface area contributed by atoms with Crippen molar-refractivity contribution < 1.29 is 4.92 Å². The van der Waals surface area contributed by atoms with Crippen LogP contribution >= 0.6 is 11.5 Å². The summed E-state index contributed by atoms with van der Waals surface area (Å²) in [5, 5.41) is 10.6. The molecule has 3 rings (SSSR count). The highest BCUT2D eigenvalue weighted by Gasteiger charge is 2.19. The zero-order valence-corrected chi connectivity index (χ0v) is 11.0. The lowest BCUT2D eigenvalue weighted by atomic mass is 10.00. The molecule has 1 aromatic carbocycles. The lowest BCUT2D eigenvalue weighted by molar-refractivity contribution is -0.384. The van der Waals surface area contributed by atoms with Crippen LogP contribution in [0.5, 0.6) is 0 Å². The molecule has 0 saturated heterocycles. The largest absolute Gasteiger partial charge is 0.269 e. The minimum absolute atomic E-state index is 0.0357. The van der Waals surface area contributed by atoms with Gasteiger partial charge in [-0.05, 0) is 37.8 Å². The topological polar surface area (TPSA) is 65.1 Å². The summed E-state index contributed by atoms with van der Waals surface area (Å²) >= 11 is 1.46. The monoisotopic (exact) mass is 276 g/mol. The first-order valence-electron chi connectivity index (χ1n) is 6.16. The highest BCUT2D eigenvalue weighted by atomic mass is 32.1. The van der Waals surface area contributed by atoms with Crippen LogP contribution in [0.15, 0.2) is 29.1 Å². The van der Waals surface area contributed by atoms with Crippen molar-refractivity contribution in [3.05, 3.63) is 55.2 Å². The molecule has 98 valence electrons. The molecule has 1 heterocycles. The van der Waals surface area contributed by atoms with Gasteiger partial charge in [-0.3, -0.25) is 14.9 Å². The number of nitro benzene ring substituents is 1. The van der Waals surface area contributed by atoms with Crippen molar-refractivity contribution in [1.29, 1.82) is 0 Å². The van der Waals surface area contributed by atoms with E-state index in [-0.39, 0.29) is 11.2 Å². The second-order valence-electron chi connectivity index (χ2n) is 4.57. The molecule has 6 heteroatoms. The highest BCUT2D eigenvalue weighted by Crippen LogP contribution is 2.25. The van der Waals surface area contributed by atoms with E-state index in [2.05, 4.69) is 0 Å². The van der Waals surface area contributed by atoms with Crippen molar-refractivity contribution in [1.82, 2.24) is 3.96 Å². The Hall–Kier alpha value is -1.95. The Balaban J connectivity index is 2.05. The smallest absolute Gasteiger partial charge is 0.268 e. The van der Waals surface area contributed by atoms with Crippen LogP contribution in [-0.4, -0.2) is 8.88 Å². The van der Waals surface area contributed by atoms with E-state index in [9.17, 15) is 14.9 Å². The van der Waals surface area contributed by atoms with Gasteiger partial charge in [-0.2, -0.15) is 0 Å². The molecule has 0 radical (unpaired) electrons. The second kappa shape index (κ2) is 4.62. The van der Waals surface area contributed by atoms with E-state index in [0.29, 0.717) is 5.69 Å². The SMILES string of the molecule is O=c1c2c(sn1-c1ccc([N+](=O)[O-])cc1)CCCC2. The number of aromatic nitrogens is 1. The number of fused-ring (bicyclic) bond motifs is 1. The minimum atomic E-state index is -0.438. The number of non-ortho nitro benzene ring substituents is 1. The molecular formula is C13H12N2O3S. The summed E-state index contributed by atoms with van der Waals surface area (Å²) < 4.78 is 1.64. The van der Waals surface area contributed by atoms with Crippen LogP contribution in [0.1, 0.15) is 23.3 Å². The first-order chi connectivity index (χ1) is 9.16. The first-order valence-corrected chi connectivity index (χ1v) is 6.93. The average Bonchev–Trinajstić information content (AvgIpc) is 2.77. The molecule has 0 spiro atoms. The van der Waals surface area contributed by atoms with E-state index in [4.69, 9.17) is 0 Å². The molecule has 1 aliphatic carbocycles. The zero-order valence-electron chi connectivity index (χ0n) is 10.2.